The smallest absolute Gasteiger partial charge is 0.192 e. The summed E-state index contributed by atoms with van der Waals surface area (Å²) in [4.78, 5) is 4.57. The molecule has 1 saturated heterocycles. The Hall–Kier alpha value is -2.20. The Morgan fingerprint density at radius 3 is 2.96 bits per heavy atom. The van der Waals surface area contributed by atoms with Crippen molar-refractivity contribution in [1.29, 1.82) is 0 Å². The molecule has 0 bridgehead atoms. The van der Waals surface area contributed by atoms with Crippen molar-refractivity contribution in [3.63, 3.8) is 0 Å². The third-order valence-electron chi connectivity index (χ3n) is 4.46. The van der Waals surface area contributed by atoms with Gasteiger partial charge in [0.2, 0.25) is 0 Å². The molecule has 0 aromatic heterocycles. The van der Waals surface area contributed by atoms with Crippen LogP contribution in [0.25, 0.3) is 0 Å². The van der Waals surface area contributed by atoms with Crippen LogP contribution in [0.2, 0.25) is 0 Å². The zero-order valence-corrected chi connectivity index (χ0v) is 14.9. The molecule has 2 atom stereocenters. The minimum atomic E-state index is -2.89. The number of guanidine groups is 1. The normalized spacial score (nSPS) is 24.7. The largest absolute Gasteiger partial charge is 0.493 e. The summed E-state index contributed by atoms with van der Waals surface area (Å²) in [6.07, 6.45) is 6.85. The van der Waals surface area contributed by atoms with Crippen LogP contribution in [0, 0.1) is 18.3 Å². The number of hydrogen-bond donors (Lipinski definition) is 2. The van der Waals surface area contributed by atoms with Gasteiger partial charge in [0.05, 0.1) is 30.7 Å². The van der Waals surface area contributed by atoms with E-state index in [9.17, 15) is 8.42 Å². The topological polar surface area (TPSA) is 79.8 Å². The van der Waals surface area contributed by atoms with Crippen molar-refractivity contribution in [2.24, 2.45) is 10.9 Å². The minimum Gasteiger partial charge on any atom is -0.493 e. The zero-order valence-electron chi connectivity index (χ0n) is 14.1. The van der Waals surface area contributed by atoms with Gasteiger partial charge >= 0.3 is 0 Å². The van der Waals surface area contributed by atoms with Gasteiger partial charge in [-0.05, 0) is 18.4 Å². The molecule has 1 aromatic rings. The first-order valence-corrected chi connectivity index (χ1v) is 10.3. The minimum absolute atomic E-state index is 0.0800. The van der Waals surface area contributed by atoms with Crippen LogP contribution in [-0.4, -0.2) is 45.6 Å². The number of nitrogens with one attached hydrogen (secondary N) is 2. The number of benzene rings is 1. The third kappa shape index (κ3) is 4.67. The summed E-state index contributed by atoms with van der Waals surface area (Å²) in [5, 5.41) is 6.51. The quantitative estimate of drug-likeness (QED) is 0.477. The molecule has 7 heteroatoms. The average molecular weight is 361 g/mol. The maximum atomic E-state index is 11.6. The van der Waals surface area contributed by atoms with E-state index in [0.29, 0.717) is 32.1 Å². The summed E-state index contributed by atoms with van der Waals surface area (Å²) >= 11 is 0. The number of terminal acetylenes is 1. The Labute approximate surface area is 149 Å². The van der Waals surface area contributed by atoms with Gasteiger partial charge in [-0.1, -0.05) is 24.1 Å². The highest BCUT2D eigenvalue weighted by molar-refractivity contribution is 7.91. The van der Waals surface area contributed by atoms with Gasteiger partial charge in [0.1, 0.15) is 5.75 Å². The molecule has 2 unspecified atom stereocenters. The molecule has 0 radical (unpaired) electrons. The second-order valence-corrected chi connectivity index (χ2v) is 8.62. The van der Waals surface area contributed by atoms with Crippen molar-refractivity contribution < 1.29 is 13.2 Å². The highest BCUT2D eigenvalue weighted by Gasteiger charge is 2.28. The number of nitrogens with zero attached hydrogens (tertiary/aromatic N) is 1. The lowest BCUT2D eigenvalue weighted by Gasteiger charge is -2.28. The van der Waals surface area contributed by atoms with Crippen molar-refractivity contribution in [3.8, 4) is 18.1 Å². The first-order valence-electron chi connectivity index (χ1n) is 8.48. The highest BCUT2D eigenvalue weighted by Crippen LogP contribution is 2.31. The Morgan fingerprint density at radius 1 is 1.36 bits per heavy atom. The number of rotatable bonds is 4. The van der Waals surface area contributed by atoms with Gasteiger partial charge in [0, 0.05) is 18.5 Å². The predicted octanol–water partition coefficient (Wildman–Crippen LogP) is 1.11. The van der Waals surface area contributed by atoms with Crippen LogP contribution in [0.1, 0.15) is 24.4 Å². The van der Waals surface area contributed by atoms with Gasteiger partial charge in [-0.15, -0.1) is 6.42 Å². The molecule has 2 aliphatic rings. The molecule has 2 aliphatic heterocycles. The SMILES string of the molecule is C#CCNC(=NCC1CCS(=O)(=O)C1)NC1CCOc2ccccc21. The fraction of sp³-hybridized carbons (Fsp3) is 0.500. The fourth-order valence-corrected chi connectivity index (χ4v) is 5.03. The van der Waals surface area contributed by atoms with E-state index in [4.69, 9.17) is 11.2 Å². The van der Waals surface area contributed by atoms with E-state index in [2.05, 4.69) is 21.5 Å². The van der Waals surface area contributed by atoms with E-state index in [0.717, 1.165) is 17.7 Å². The second-order valence-electron chi connectivity index (χ2n) is 6.39. The number of para-hydroxylation sites is 1. The van der Waals surface area contributed by atoms with Crippen LogP contribution in [0.4, 0.5) is 0 Å². The fourth-order valence-electron chi connectivity index (χ4n) is 3.18. The number of hydrogen-bond acceptors (Lipinski definition) is 4. The van der Waals surface area contributed by atoms with E-state index in [1.54, 1.807) is 0 Å². The van der Waals surface area contributed by atoms with Crippen LogP contribution in [0.15, 0.2) is 29.3 Å². The lowest BCUT2D eigenvalue weighted by molar-refractivity contribution is 0.261. The molecule has 0 amide bonds. The first-order chi connectivity index (χ1) is 12.1. The standard InChI is InChI=1S/C18H23N3O3S/c1-2-9-19-18(20-12-14-8-11-25(22,23)13-14)21-16-7-10-24-17-6-4-3-5-15(16)17/h1,3-6,14,16H,7-13H2,(H2,19,20,21). The van der Waals surface area contributed by atoms with Crippen LogP contribution in [0.3, 0.4) is 0 Å². The monoisotopic (exact) mass is 361 g/mol. The van der Waals surface area contributed by atoms with Crippen LogP contribution in [-0.2, 0) is 9.84 Å². The molecular weight excluding hydrogens is 338 g/mol. The molecule has 1 aromatic carbocycles. The molecule has 25 heavy (non-hydrogen) atoms. The zero-order chi connectivity index (χ0) is 17.7. The number of ether oxygens (including phenoxy) is 1. The van der Waals surface area contributed by atoms with Crippen LogP contribution < -0.4 is 15.4 Å². The van der Waals surface area contributed by atoms with E-state index < -0.39 is 9.84 Å². The van der Waals surface area contributed by atoms with Gasteiger partial charge < -0.3 is 15.4 Å². The van der Waals surface area contributed by atoms with Gasteiger partial charge in [-0.25, -0.2) is 8.42 Å². The number of sulfone groups is 1. The highest BCUT2D eigenvalue weighted by atomic mass is 32.2. The molecular formula is C18H23N3O3S. The number of aliphatic imine (C=N–C) groups is 1. The Balaban J connectivity index is 1.69. The molecule has 1 fully saturated rings. The van der Waals surface area contributed by atoms with E-state index in [1.165, 1.54) is 0 Å². The van der Waals surface area contributed by atoms with Gasteiger partial charge in [0.15, 0.2) is 15.8 Å². The molecule has 2 N–H and O–H groups in total. The molecule has 0 saturated carbocycles. The van der Waals surface area contributed by atoms with Gasteiger partial charge in [-0.2, -0.15) is 0 Å². The predicted molar refractivity (Wildman–Crippen MR) is 98.3 cm³/mol. The first kappa shape index (κ1) is 17.6. The summed E-state index contributed by atoms with van der Waals surface area (Å²) in [7, 11) is -2.89. The Bertz CT molecular complexity index is 783. The molecule has 0 spiro atoms. The maximum absolute atomic E-state index is 11.6. The van der Waals surface area contributed by atoms with E-state index in [-0.39, 0.29) is 23.5 Å². The molecule has 3 rings (SSSR count). The van der Waals surface area contributed by atoms with Crippen LogP contribution >= 0.6 is 0 Å². The van der Waals surface area contributed by atoms with Crippen LogP contribution in [0.5, 0.6) is 5.75 Å². The van der Waals surface area contributed by atoms with Crippen molar-refractivity contribution in [3.05, 3.63) is 29.8 Å². The summed E-state index contributed by atoms with van der Waals surface area (Å²) < 4.78 is 28.9. The lowest BCUT2D eigenvalue weighted by atomic mass is 10.0. The average Bonchev–Trinajstić information content (AvgIpc) is 2.96. The summed E-state index contributed by atoms with van der Waals surface area (Å²) in [5.41, 5.74) is 1.09. The lowest BCUT2D eigenvalue weighted by Crippen LogP contribution is -2.41. The van der Waals surface area contributed by atoms with Gasteiger partial charge in [0.25, 0.3) is 0 Å². The number of fused-ring (bicyclic) bond motifs is 1. The summed E-state index contributed by atoms with van der Waals surface area (Å²) in [6.45, 7) is 1.47. The van der Waals surface area contributed by atoms with E-state index in [1.807, 2.05) is 24.3 Å². The third-order valence-corrected chi connectivity index (χ3v) is 6.30. The molecule has 2 heterocycles. The van der Waals surface area contributed by atoms with Crippen molar-refractivity contribution in [2.45, 2.75) is 18.9 Å². The molecule has 0 aliphatic carbocycles. The van der Waals surface area contributed by atoms with E-state index >= 15 is 0 Å². The van der Waals surface area contributed by atoms with Crippen molar-refractivity contribution >= 4 is 15.8 Å². The van der Waals surface area contributed by atoms with Crippen molar-refractivity contribution in [2.75, 3.05) is 31.2 Å². The van der Waals surface area contributed by atoms with Gasteiger partial charge in [-0.3, -0.25) is 4.99 Å². The summed E-state index contributed by atoms with van der Waals surface area (Å²) in [6, 6.07) is 8.01. The Kier molecular flexibility index (Phi) is 5.49. The van der Waals surface area contributed by atoms with Crippen molar-refractivity contribution in [1.82, 2.24) is 10.6 Å². The summed E-state index contributed by atoms with van der Waals surface area (Å²) in [5.74, 6) is 4.60. The molecule has 134 valence electrons. The molecule has 6 nitrogen and oxygen atoms in total. The Morgan fingerprint density at radius 2 is 2.20 bits per heavy atom. The second kappa shape index (κ2) is 7.79. The maximum Gasteiger partial charge on any atom is 0.192 e.